The molecule has 0 unspecified atom stereocenters. The van der Waals surface area contributed by atoms with Gasteiger partial charge in [0.15, 0.2) is 17.5 Å². The van der Waals surface area contributed by atoms with Gasteiger partial charge in [-0.2, -0.15) is 0 Å². The number of aromatic nitrogens is 6. The number of pyridine rings is 3. The van der Waals surface area contributed by atoms with E-state index in [4.69, 9.17) is 24.9 Å². The van der Waals surface area contributed by atoms with Crippen molar-refractivity contribution < 1.29 is 0 Å². The van der Waals surface area contributed by atoms with Crippen LogP contribution in [0.3, 0.4) is 0 Å². The molecule has 254 valence electrons. The lowest BCUT2D eigenvalue weighted by Crippen LogP contribution is -2.00. The number of hydrogen-bond donors (Lipinski definition) is 0. The zero-order chi connectivity index (χ0) is 36.1. The summed E-state index contributed by atoms with van der Waals surface area (Å²) in [6.45, 7) is 0. The largest absolute Gasteiger partial charge is 0.255 e. The van der Waals surface area contributed by atoms with Gasteiger partial charge in [0.25, 0.3) is 0 Å². The molecule has 4 heterocycles. The van der Waals surface area contributed by atoms with Crippen molar-refractivity contribution in [3.63, 3.8) is 0 Å². The fraction of sp³-hybridized carbons (Fsp3) is 0. The normalized spacial score (nSPS) is 11.0. The number of nitrogens with zero attached hydrogens (tertiary/aromatic N) is 6. The molecule has 0 aliphatic carbocycles. The molecular weight excluding hydrogens is 661 g/mol. The third kappa shape index (κ3) is 6.79. The van der Waals surface area contributed by atoms with Crippen molar-refractivity contribution in [2.45, 2.75) is 0 Å². The summed E-state index contributed by atoms with van der Waals surface area (Å²) >= 11 is 0. The van der Waals surface area contributed by atoms with Crippen LogP contribution in [0, 0.1) is 0 Å². The number of rotatable bonds is 8. The third-order valence-electron chi connectivity index (χ3n) is 9.25. The molecule has 0 fully saturated rings. The lowest BCUT2D eigenvalue weighted by atomic mass is 9.93. The zero-order valence-corrected chi connectivity index (χ0v) is 29.2. The Morgan fingerprint density at radius 1 is 0.241 bits per heavy atom. The van der Waals surface area contributed by atoms with Crippen LogP contribution >= 0.6 is 0 Å². The van der Waals surface area contributed by atoms with Gasteiger partial charge in [0.2, 0.25) is 0 Å². The Balaban J connectivity index is 1.12. The van der Waals surface area contributed by atoms with Crippen molar-refractivity contribution in [2.24, 2.45) is 0 Å². The highest BCUT2D eigenvalue weighted by molar-refractivity contribution is 5.86. The third-order valence-corrected chi connectivity index (χ3v) is 9.25. The van der Waals surface area contributed by atoms with Gasteiger partial charge in [-0.15, -0.1) is 0 Å². The van der Waals surface area contributed by atoms with E-state index in [1.54, 1.807) is 6.20 Å². The Kier molecular flexibility index (Phi) is 8.81. The first-order valence-electron chi connectivity index (χ1n) is 17.8. The van der Waals surface area contributed by atoms with Gasteiger partial charge >= 0.3 is 0 Å². The Morgan fingerprint density at radius 2 is 0.704 bits per heavy atom. The van der Waals surface area contributed by atoms with Gasteiger partial charge in [0.1, 0.15) is 0 Å². The Morgan fingerprint density at radius 3 is 1.31 bits per heavy atom. The maximum atomic E-state index is 5.07. The number of hydrogen-bond acceptors (Lipinski definition) is 6. The minimum atomic E-state index is 0.612. The molecule has 0 aliphatic heterocycles. The molecule has 5 aromatic carbocycles. The van der Waals surface area contributed by atoms with Crippen molar-refractivity contribution in [3.05, 3.63) is 194 Å². The van der Waals surface area contributed by atoms with Crippen molar-refractivity contribution >= 4 is 0 Å². The van der Waals surface area contributed by atoms with E-state index in [-0.39, 0.29) is 0 Å². The van der Waals surface area contributed by atoms with Crippen LogP contribution in [0.5, 0.6) is 0 Å². The lowest BCUT2D eigenvalue weighted by molar-refractivity contribution is 1.07. The van der Waals surface area contributed by atoms with Crippen molar-refractivity contribution in [2.75, 3.05) is 0 Å². The summed E-state index contributed by atoms with van der Waals surface area (Å²) in [7, 11) is 0. The summed E-state index contributed by atoms with van der Waals surface area (Å²) in [5.74, 6) is 1.87. The van der Waals surface area contributed by atoms with Gasteiger partial charge in [0.05, 0.1) is 22.8 Å². The minimum absolute atomic E-state index is 0.612. The van der Waals surface area contributed by atoms with Crippen LogP contribution in [-0.2, 0) is 0 Å². The predicted molar refractivity (Wildman–Crippen MR) is 217 cm³/mol. The van der Waals surface area contributed by atoms with E-state index in [1.165, 1.54) is 0 Å². The van der Waals surface area contributed by atoms with Gasteiger partial charge in [0, 0.05) is 29.1 Å². The SMILES string of the molecule is c1ccc(-c2cc(-c3ccccn3)nc(-c3cc(-c4ccccc4-c4cccc(-c5nc(-c6ccccc6)nc(-c6ccccc6)n5)c4)ccn3)c2)cc1. The molecule has 4 aromatic heterocycles. The highest BCUT2D eigenvalue weighted by Gasteiger charge is 2.16. The fourth-order valence-corrected chi connectivity index (χ4v) is 6.59. The summed E-state index contributed by atoms with van der Waals surface area (Å²) in [6.07, 6.45) is 3.65. The van der Waals surface area contributed by atoms with Crippen molar-refractivity contribution in [1.29, 1.82) is 0 Å². The minimum Gasteiger partial charge on any atom is -0.255 e. The second-order valence-corrected chi connectivity index (χ2v) is 12.8. The molecule has 0 aliphatic rings. The average molecular weight is 693 g/mol. The molecule has 0 radical (unpaired) electrons. The quantitative estimate of drug-likeness (QED) is 0.158. The van der Waals surface area contributed by atoms with Crippen LogP contribution in [-0.4, -0.2) is 29.9 Å². The predicted octanol–water partition coefficient (Wildman–Crippen LogP) is 11.4. The van der Waals surface area contributed by atoms with E-state index in [0.29, 0.717) is 17.5 Å². The highest BCUT2D eigenvalue weighted by Crippen LogP contribution is 2.36. The second kappa shape index (κ2) is 14.7. The summed E-state index contributed by atoms with van der Waals surface area (Å²) in [6, 6.07) is 61.5. The van der Waals surface area contributed by atoms with Crippen LogP contribution in [0.2, 0.25) is 0 Å². The topological polar surface area (TPSA) is 77.3 Å². The zero-order valence-electron chi connectivity index (χ0n) is 29.2. The maximum absolute atomic E-state index is 5.07. The van der Waals surface area contributed by atoms with Crippen molar-refractivity contribution in [1.82, 2.24) is 29.9 Å². The molecular formula is C48H32N6. The lowest BCUT2D eigenvalue weighted by Gasteiger charge is -2.13. The summed E-state index contributed by atoms with van der Waals surface area (Å²) in [5, 5.41) is 0. The molecule has 0 bridgehead atoms. The first kappa shape index (κ1) is 32.5. The van der Waals surface area contributed by atoms with Crippen LogP contribution in [0.15, 0.2) is 194 Å². The first-order valence-corrected chi connectivity index (χ1v) is 17.8. The highest BCUT2D eigenvalue weighted by atomic mass is 15.0. The molecule has 0 saturated carbocycles. The maximum Gasteiger partial charge on any atom is 0.164 e. The van der Waals surface area contributed by atoms with E-state index in [2.05, 4.69) is 89.9 Å². The fourth-order valence-electron chi connectivity index (χ4n) is 6.59. The first-order chi connectivity index (χ1) is 26.7. The summed E-state index contributed by atoms with van der Waals surface area (Å²) in [4.78, 5) is 29.3. The van der Waals surface area contributed by atoms with E-state index in [0.717, 1.165) is 72.8 Å². The van der Waals surface area contributed by atoms with E-state index < -0.39 is 0 Å². The van der Waals surface area contributed by atoms with Gasteiger partial charge < -0.3 is 0 Å². The van der Waals surface area contributed by atoms with E-state index in [9.17, 15) is 0 Å². The summed E-state index contributed by atoms with van der Waals surface area (Å²) < 4.78 is 0. The monoisotopic (exact) mass is 692 g/mol. The standard InChI is InChI=1S/C48H32N6/c1-4-15-33(16-5-1)39-31-44(42-25-12-13-27-49-42)51-45(32-39)43-30-37(26-28-50-43)41-24-11-10-23-40(41)36-21-14-22-38(29-36)48-53-46(34-17-6-2-7-18-34)52-47(54-48)35-19-8-3-9-20-35/h1-32H. The second-order valence-electron chi connectivity index (χ2n) is 12.8. The Hall–Kier alpha value is -7.44. The van der Waals surface area contributed by atoms with Gasteiger partial charge in [-0.05, 0) is 75.8 Å². The smallest absolute Gasteiger partial charge is 0.164 e. The molecule has 0 spiro atoms. The molecule has 9 aromatic rings. The number of benzene rings is 5. The molecule has 9 rings (SSSR count). The molecule has 0 saturated heterocycles. The van der Waals surface area contributed by atoms with Crippen LogP contribution in [0.25, 0.3) is 90.3 Å². The van der Waals surface area contributed by atoms with Gasteiger partial charge in [-0.3, -0.25) is 9.97 Å². The Labute approximate surface area is 313 Å². The molecule has 0 atom stereocenters. The van der Waals surface area contributed by atoms with E-state index in [1.807, 2.05) is 103 Å². The molecule has 0 N–H and O–H groups in total. The molecule has 54 heavy (non-hydrogen) atoms. The van der Waals surface area contributed by atoms with Crippen LogP contribution in [0.4, 0.5) is 0 Å². The van der Waals surface area contributed by atoms with Gasteiger partial charge in [-0.25, -0.2) is 19.9 Å². The van der Waals surface area contributed by atoms with Crippen molar-refractivity contribution in [3.8, 4) is 90.3 Å². The molecule has 0 amide bonds. The van der Waals surface area contributed by atoms with E-state index >= 15 is 0 Å². The average Bonchev–Trinajstić information content (AvgIpc) is 3.27. The van der Waals surface area contributed by atoms with Crippen LogP contribution < -0.4 is 0 Å². The molecule has 6 nitrogen and oxygen atoms in total. The van der Waals surface area contributed by atoms with Gasteiger partial charge in [-0.1, -0.05) is 140 Å². The Bertz CT molecular complexity index is 2400. The van der Waals surface area contributed by atoms with Crippen LogP contribution in [0.1, 0.15) is 0 Å². The summed E-state index contributed by atoms with van der Waals surface area (Å²) in [5.41, 5.74) is 12.3. The molecule has 6 heteroatoms.